The molecule has 0 aliphatic heterocycles. The Bertz CT molecular complexity index is 450. The van der Waals surface area contributed by atoms with Crippen LogP contribution in [0.1, 0.15) is 57.9 Å². The molecule has 1 aromatic heterocycles. The van der Waals surface area contributed by atoms with Gasteiger partial charge in [-0.25, -0.2) is 0 Å². The summed E-state index contributed by atoms with van der Waals surface area (Å²) in [5.41, 5.74) is 0.853. The Hall–Kier alpha value is -1.36. The molecule has 1 saturated carbocycles. The second-order valence-electron chi connectivity index (χ2n) is 6.48. The molecule has 5 heteroatoms. The summed E-state index contributed by atoms with van der Waals surface area (Å²) in [6, 6.07) is 2.12. The largest absolute Gasteiger partial charge is 0.361 e. The summed E-state index contributed by atoms with van der Waals surface area (Å²) >= 11 is 0. The molecular formula is C16H27N3O2. The van der Waals surface area contributed by atoms with E-state index in [-0.39, 0.29) is 11.9 Å². The fourth-order valence-corrected chi connectivity index (χ4v) is 2.68. The monoisotopic (exact) mass is 293 g/mol. The van der Waals surface area contributed by atoms with Gasteiger partial charge in [0.1, 0.15) is 5.76 Å². The number of nitrogens with zero attached hydrogens (tertiary/aromatic N) is 1. The first kappa shape index (κ1) is 16.0. The first-order valence-electron chi connectivity index (χ1n) is 8.03. The van der Waals surface area contributed by atoms with Crippen LogP contribution in [0.5, 0.6) is 0 Å². The Morgan fingerprint density at radius 2 is 2.10 bits per heavy atom. The second-order valence-corrected chi connectivity index (χ2v) is 6.48. The van der Waals surface area contributed by atoms with Crippen molar-refractivity contribution >= 4 is 5.91 Å². The van der Waals surface area contributed by atoms with Gasteiger partial charge in [0.05, 0.1) is 11.7 Å². The molecule has 1 aliphatic rings. The third-order valence-corrected chi connectivity index (χ3v) is 3.90. The van der Waals surface area contributed by atoms with Crippen LogP contribution in [-0.4, -0.2) is 23.1 Å². The van der Waals surface area contributed by atoms with Gasteiger partial charge in [-0.1, -0.05) is 31.8 Å². The molecule has 2 N–H and O–H groups in total. The zero-order valence-corrected chi connectivity index (χ0v) is 13.3. The highest BCUT2D eigenvalue weighted by Gasteiger charge is 2.20. The summed E-state index contributed by atoms with van der Waals surface area (Å²) in [7, 11) is 0. The van der Waals surface area contributed by atoms with E-state index in [2.05, 4.69) is 29.6 Å². The Kier molecular flexibility index (Phi) is 5.79. The Morgan fingerprint density at radius 3 is 2.76 bits per heavy atom. The van der Waals surface area contributed by atoms with Gasteiger partial charge in [0.2, 0.25) is 5.91 Å². The predicted molar refractivity (Wildman–Crippen MR) is 81.7 cm³/mol. The van der Waals surface area contributed by atoms with E-state index in [9.17, 15) is 4.79 Å². The van der Waals surface area contributed by atoms with Crippen LogP contribution in [0.25, 0.3) is 0 Å². The lowest BCUT2D eigenvalue weighted by Gasteiger charge is -2.17. The van der Waals surface area contributed by atoms with Gasteiger partial charge in [-0.15, -0.1) is 0 Å². The lowest BCUT2D eigenvalue weighted by atomic mass is 10.1. The number of rotatable bonds is 7. The third-order valence-electron chi connectivity index (χ3n) is 3.90. The first-order valence-corrected chi connectivity index (χ1v) is 8.03. The minimum atomic E-state index is -0.212. The van der Waals surface area contributed by atoms with E-state index in [4.69, 9.17) is 4.52 Å². The van der Waals surface area contributed by atoms with Crippen molar-refractivity contribution in [3.63, 3.8) is 0 Å². The lowest BCUT2D eigenvalue weighted by molar-refractivity contribution is -0.123. The summed E-state index contributed by atoms with van der Waals surface area (Å²) in [4.78, 5) is 12.1. The van der Waals surface area contributed by atoms with Crippen LogP contribution in [0.2, 0.25) is 0 Å². The maximum Gasteiger partial charge on any atom is 0.237 e. The topological polar surface area (TPSA) is 67.2 Å². The Morgan fingerprint density at radius 1 is 1.38 bits per heavy atom. The first-order chi connectivity index (χ1) is 10.0. The van der Waals surface area contributed by atoms with Gasteiger partial charge in [-0.3, -0.25) is 4.79 Å². The highest BCUT2D eigenvalue weighted by Crippen LogP contribution is 2.17. The number of hydrogen-bond donors (Lipinski definition) is 2. The number of hydrogen-bond acceptors (Lipinski definition) is 4. The molecule has 1 heterocycles. The predicted octanol–water partition coefficient (Wildman–Crippen LogP) is 2.41. The van der Waals surface area contributed by atoms with Crippen molar-refractivity contribution in [2.24, 2.45) is 5.92 Å². The van der Waals surface area contributed by atoms with Gasteiger partial charge in [0, 0.05) is 25.1 Å². The lowest BCUT2D eigenvalue weighted by Crippen LogP contribution is -2.45. The fourth-order valence-electron chi connectivity index (χ4n) is 2.68. The average Bonchev–Trinajstić information content (AvgIpc) is 3.07. The van der Waals surface area contributed by atoms with Crippen molar-refractivity contribution in [1.82, 2.24) is 15.8 Å². The summed E-state index contributed by atoms with van der Waals surface area (Å²) in [5.74, 6) is 1.53. The van der Waals surface area contributed by atoms with Crippen LogP contribution in [-0.2, 0) is 17.8 Å². The molecule has 21 heavy (non-hydrogen) atoms. The standard InChI is InChI=1S/C16H27N3O2/c1-11(2)8-15-9-14(19-21-15)10-17-12(3)16(20)18-13-6-4-5-7-13/h9,11-13,17H,4-8,10H2,1-3H3,(H,18,20)/t12-/m1/s1. The number of nitrogens with one attached hydrogen (secondary N) is 2. The second kappa shape index (κ2) is 7.59. The van der Waals surface area contributed by atoms with Crippen molar-refractivity contribution in [1.29, 1.82) is 0 Å². The van der Waals surface area contributed by atoms with E-state index in [1.54, 1.807) is 0 Å². The quantitative estimate of drug-likeness (QED) is 0.810. The molecule has 5 nitrogen and oxygen atoms in total. The zero-order valence-electron chi connectivity index (χ0n) is 13.3. The molecule has 118 valence electrons. The molecule has 0 unspecified atom stereocenters. The molecule has 1 fully saturated rings. The molecule has 1 atom stereocenters. The van der Waals surface area contributed by atoms with Gasteiger partial charge in [0.25, 0.3) is 0 Å². The fraction of sp³-hybridized carbons (Fsp3) is 0.750. The number of aromatic nitrogens is 1. The number of carbonyl (C=O) groups excluding carboxylic acids is 1. The van der Waals surface area contributed by atoms with Crippen LogP contribution >= 0.6 is 0 Å². The van der Waals surface area contributed by atoms with E-state index in [1.165, 1.54) is 12.8 Å². The van der Waals surface area contributed by atoms with Crippen LogP contribution in [0.15, 0.2) is 10.6 Å². The molecule has 0 aromatic carbocycles. The molecular weight excluding hydrogens is 266 g/mol. The van der Waals surface area contributed by atoms with Crippen molar-refractivity contribution in [3.8, 4) is 0 Å². The number of carbonyl (C=O) groups is 1. The van der Waals surface area contributed by atoms with Gasteiger partial charge in [-0.2, -0.15) is 0 Å². The summed E-state index contributed by atoms with van der Waals surface area (Å²) in [6.45, 7) is 6.74. The van der Waals surface area contributed by atoms with Crippen molar-refractivity contribution in [2.45, 2.75) is 71.5 Å². The third kappa shape index (κ3) is 5.16. The van der Waals surface area contributed by atoms with Crippen molar-refractivity contribution < 1.29 is 9.32 Å². The van der Waals surface area contributed by atoms with Gasteiger partial charge < -0.3 is 15.2 Å². The minimum absolute atomic E-state index is 0.0767. The molecule has 0 bridgehead atoms. The van der Waals surface area contributed by atoms with Crippen molar-refractivity contribution in [3.05, 3.63) is 17.5 Å². The van der Waals surface area contributed by atoms with Crippen LogP contribution in [0.3, 0.4) is 0 Å². The van der Waals surface area contributed by atoms with E-state index in [1.807, 2.05) is 13.0 Å². The van der Waals surface area contributed by atoms with Crippen LogP contribution < -0.4 is 10.6 Å². The number of amides is 1. The van der Waals surface area contributed by atoms with Gasteiger partial charge >= 0.3 is 0 Å². The minimum Gasteiger partial charge on any atom is -0.361 e. The van der Waals surface area contributed by atoms with E-state index in [0.717, 1.165) is 30.7 Å². The van der Waals surface area contributed by atoms with Crippen LogP contribution in [0, 0.1) is 5.92 Å². The SMILES string of the molecule is CC(C)Cc1cc(CN[C@H](C)C(=O)NC2CCCC2)no1. The Labute approximate surface area is 126 Å². The van der Waals surface area contributed by atoms with E-state index in [0.29, 0.717) is 18.5 Å². The molecule has 2 rings (SSSR count). The molecule has 0 radical (unpaired) electrons. The molecule has 1 aromatic rings. The molecule has 1 amide bonds. The van der Waals surface area contributed by atoms with E-state index >= 15 is 0 Å². The van der Waals surface area contributed by atoms with E-state index < -0.39 is 0 Å². The smallest absolute Gasteiger partial charge is 0.237 e. The molecule has 0 spiro atoms. The maximum absolute atomic E-state index is 12.1. The van der Waals surface area contributed by atoms with Gasteiger partial charge in [-0.05, 0) is 25.7 Å². The summed E-state index contributed by atoms with van der Waals surface area (Å²) < 4.78 is 5.29. The van der Waals surface area contributed by atoms with Crippen molar-refractivity contribution in [2.75, 3.05) is 0 Å². The van der Waals surface area contributed by atoms with Gasteiger partial charge in [0.15, 0.2) is 0 Å². The summed E-state index contributed by atoms with van der Waals surface area (Å²) in [6.07, 6.45) is 5.57. The zero-order chi connectivity index (χ0) is 15.2. The summed E-state index contributed by atoms with van der Waals surface area (Å²) in [5, 5.41) is 10.3. The molecule has 1 aliphatic carbocycles. The highest BCUT2D eigenvalue weighted by atomic mass is 16.5. The average molecular weight is 293 g/mol. The molecule has 0 saturated heterocycles. The highest BCUT2D eigenvalue weighted by molar-refractivity contribution is 5.81. The van der Waals surface area contributed by atoms with Crippen LogP contribution in [0.4, 0.5) is 0 Å². The maximum atomic E-state index is 12.1. The normalized spacial score (nSPS) is 17.3. The Balaban J connectivity index is 1.73.